The third kappa shape index (κ3) is 6.31. The number of carbonyl (C=O) groups excluding carboxylic acids is 1. The zero-order chi connectivity index (χ0) is 29.2. The maximum atomic E-state index is 12.8. The lowest BCUT2D eigenvalue weighted by atomic mass is 10.0. The van der Waals surface area contributed by atoms with Crippen LogP contribution in [0.5, 0.6) is 0 Å². The van der Waals surface area contributed by atoms with Gasteiger partial charge in [0, 0.05) is 85.8 Å². The van der Waals surface area contributed by atoms with Gasteiger partial charge in [-0.2, -0.15) is 0 Å². The number of halogens is 2. The lowest BCUT2D eigenvalue weighted by molar-refractivity contribution is 0.102. The molecule has 0 aliphatic carbocycles. The summed E-state index contributed by atoms with van der Waals surface area (Å²) in [5.41, 5.74) is 7.73. The van der Waals surface area contributed by atoms with Crippen molar-refractivity contribution in [2.45, 2.75) is 19.9 Å². The van der Waals surface area contributed by atoms with E-state index >= 15 is 0 Å². The molecule has 6 rings (SSSR count). The first-order valence-electron chi connectivity index (χ1n) is 14.1. The van der Waals surface area contributed by atoms with Gasteiger partial charge < -0.3 is 25.3 Å². The number of benzene rings is 3. The van der Waals surface area contributed by atoms with Gasteiger partial charge in [0.1, 0.15) is 0 Å². The SMILES string of the molecule is Cc1ccc(NC(=O)c2ccc(Cl)c(Cl)c2)cc1N1CCc2nc(Nc3ccc(N4CCN(C)CC4)cc3)ncc2C1. The lowest BCUT2D eigenvalue weighted by Gasteiger charge is -2.34. The maximum absolute atomic E-state index is 12.8. The highest BCUT2D eigenvalue weighted by atomic mass is 35.5. The van der Waals surface area contributed by atoms with Crippen molar-refractivity contribution in [3.63, 3.8) is 0 Å². The van der Waals surface area contributed by atoms with Crippen molar-refractivity contribution in [1.82, 2.24) is 14.9 Å². The first kappa shape index (κ1) is 28.3. The number of hydrogen-bond donors (Lipinski definition) is 2. The number of nitrogens with one attached hydrogen (secondary N) is 2. The van der Waals surface area contributed by atoms with Crippen LogP contribution >= 0.6 is 23.2 Å². The Balaban J connectivity index is 1.11. The molecule has 1 saturated heterocycles. The molecule has 0 saturated carbocycles. The summed E-state index contributed by atoms with van der Waals surface area (Å²) in [5.74, 6) is 0.368. The quantitative estimate of drug-likeness (QED) is 0.265. The molecule has 4 aromatic rings. The highest BCUT2D eigenvalue weighted by Gasteiger charge is 2.21. The van der Waals surface area contributed by atoms with E-state index in [1.165, 1.54) is 5.69 Å². The summed E-state index contributed by atoms with van der Waals surface area (Å²) in [4.78, 5) is 29.4. The molecule has 10 heteroatoms. The Hall–Kier alpha value is -3.85. The van der Waals surface area contributed by atoms with Crippen LogP contribution in [0.1, 0.15) is 27.2 Å². The monoisotopic (exact) mass is 601 g/mol. The standard InChI is InChI=1S/C32H33Cl2N7O/c1-21-3-5-25(36-31(42)22-4-10-27(33)28(34)17-22)18-30(21)41-12-11-29-23(20-41)19-35-32(38-29)37-24-6-8-26(9-7-24)40-15-13-39(2)14-16-40/h3-10,17-19H,11-16,20H2,1-2H3,(H,36,42)(H,35,37,38). The summed E-state index contributed by atoms with van der Waals surface area (Å²) in [6.07, 6.45) is 2.72. The third-order valence-corrected chi connectivity index (χ3v) is 8.65. The van der Waals surface area contributed by atoms with Crippen LogP contribution in [0.2, 0.25) is 10.0 Å². The number of fused-ring (bicyclic) bond motifs is 1. The van der Waals surface area contributed by atoms with Gasteiger partial charge in [-0.1, -0.05) is 29.3 Å². The number of nitrogens with zero attached hydrogens (tertiary/aromatic N) is 5. The minimum atomic E-state index is -0.241. The molecule has 0 radical (unpaired) electrons. The van der Waals surface area contributed by atoms with Crippen LogP contribution in [-0.2, 0) is 13.0 Å². The molecule has 216 valence electrons. The fraction of sp³-hybridized carbons (Fsp3) is 0.281. The normalized spacial score (nSPS) is 15.3. The van der Waals surface area contributed by atoms with Gasteiger partial charge in [-0.3, -0.25) is 4.79 Å². The molecule has 1 amide bonds. The molecule has 1 fully saturated rings. The van der Waals surface area contributed by atoms with Gasteiger partial charge in [0.25, 0.3) is 5.91 Å². The Labute approximate surface area is 256 Å². The van der Waals surface area contributed by atoms with Crippen molar-refractivity contribution in [3.8, 4) is 0 Å². The third-order valence-electron chi connectivity index (χ3n) is 7.92. The fourth-order valence-electron chi connectivity index (χ4n) is 5.40. The van der Waals surface area contributed by atoms with E-state index in [-0.39, 0.29) is 5.91 Å². The second-order valence-corrected chi connectivity index (χ2v) is 11.7. The van der Waals surface area contributed by atoms with Crippen LogP contribution in [0.25, 0.3) is 0 Å². The number of likely N-dealkylation sites (N-methyl/N-ethyl adjacent to an activating group) is 1. The average Bonchev–Trinajstić information content (AvgIpc) is 3.00. The average molecular weight is 603 g/mol. The van der Waals surface area contributed by atoms with Gasteiger partial charge in [0.2, 0.25) is 5.95 Å². The zero-order valence-corrected chi connectivity index (χ0v) is 25.2. The Bertz CT molecular complexity index is 1600. The summed E-state index contributed by atoms with van der Waals surface area (Å²) in [5, 5.41) is 7.11. The van der Waals surface area contributed by atoms with Crippen LogP contribution in [0.3, 0.4) is 0 Å². The van der Waals surface area contributed by atoms with Gasteiger partial charge in [0.15, 0.2) is 0 Å². The number of aromatic nitrogens is 2. The van der Waals surface area contributed by atoms with E-state index in [0.29, 0.717) is 33.8 Å². The molecule has 2 aliphatic rings. The number of carbonyl (C=O) groups is 1. The molecule has 42 heavy (non-hydrogen) atoms. The largest absolute Gasteiger partial charge is 0.369 e. The highest BCUT2D eigenvalue weighted by molar-refractivity contribution is 6.42. The van der Waals surface area contributed by atoms with Crippen LogP contribution in [0.15, 0.2) is 66.9 Å². The number of piperazine rings is 1. The Morgan fingerprint density at radius 2 is 1.62 bits per heavy atom. The van der Waals surface area contributed by atoms with Crippen molar-refractivity contribution >= 4 is 57.8 Å². The van der Waals surface area contributed by atoms with Crippen LogP contribution in [0, 0.1) is 6.92 Å². The molecule has 0 atom stereocenters. The van der Waals surface area contributed by atoms with Crippen molar-refractivity contribution in [2.75, 3.05) is 60.2 Å². The fourth-order valence-corrected chi connectivity index (χ4v) is 5.70. The molecule has 3 aromatic carbocycles. The van der Waals surface area contributed by atoms with E-state index in [0.717, 1.165) is 67.3 Å². The van der Waals surface area contributed by atoms with E-state index in [1.807, 2.05) is 24.4 Å². The van der Waals surface area contributed by atoms with E-state index in [2.05, 4.69) is 68.6 Å². The molecular formula is C32H33Cl2N7O. The van der Waals surface area contributed by atoms with Crippen LogP contribution in [0.4, 0.5) is 28.7 Å². The Morgan fingerprint density at radius 1 is 0.857 bits per heavy atom. The molecule has 3 heterocycles. The predicted octanol–water partition coefficient (Wildman–Crippen LogP) is 6.40. The summed E-state index contributed by atoms with van der Waals surface area (Å²) >= 11 is 12.1. The van der Waals surface area contributed by atoms with Crippen molar-refractivity contribution < 1.29 is 4.79 Å². The Kier molecular flexibility index (Phi) is 8.20. The summed E-state index contributed by atoms with van der Waals surface area (Å²) < 4.78 is 0. The second kappa shape index (κ2) is 12.2. The topological polar surface area (TPSA) is 76.6 Å². The number of hydrogen-bond acceptors (Lipinski definition) is 7. The van der Waals surface area contributed by atoms with E-state index in [1.54, 1.807) is 18.2 Å². The van der Waals surface area contributed by atoms with Crippen LogP contribution < -0.4 is 20.4 Å². The van der Waals surface area contributed by atoms with E-state index in [4.69, 9.17) is 28.2 Å². The number of amides is 1. The van der Waals surface area contributed by atoms with E-state index in [9.17, 15) is 4.79 Å². The predicted molar refractivity (Wildman–Crippen MR) is 172 cm³/mol. The lowest BCUT2D eigenvalue weighted by Crippen LogP contribution is -2.44. The minimum Gasteiger partial charge on any atom is -0.369 e. The molecule has 0 spiro atoms. The number of aryl methyl sites for hydroxylation is 1. The van der Waals surface area contributed by atoms with Gasteiger partial charge in [-0.15, -0.1) is 0 Å². The first-order chi connectivity index (χ1) is 20.3. The Morgan fingerprint density at radius 3 is 2.38 bits per heavy atom. The molecule has 8 nitrogen and oxygen atoms in total. The second-order valence-electron chi connectivity index (χ2n) is 10.9. The molecule has 0 bridgehead atoms. The van der Waals surface area contributed by atoms with E-state index < -0.39 is 0 Å². The van der Waals surface area contributed by atoms with Crippen molar-refractivity contribution in [2.24, 2.45) is 0 Å². The molecule has 0 unspecified atom stereocenters. The van der Waals surface area contributed by atoms with Gasteiger partial charge >= 0.3 is 0 Å². The van der Waals surface area contributed by atoms with Gasteiger partial charge in [0.05, 0.1) is 15.7 Å². The summed E-state index contributed by atoms with van der Waals surface area (Å²) in [7, 11) is 2.17. The highest BCUT2D eigenvalue weighted by Crippen LogP contribution is 2.30. The van der Waals surface area contributed by atoms with Gasteiger partial charge in [-0.25, -0.2) is 9.97 Å². The van der Waals surface area contributed by atoms with Crippen molar-refractivity contribution in [1.29, 1.82) is 0 Å². The first-order valence-corrected chi connectivity index (χ1v) is 14.9. The van der Waals surface area contributed by atoms with Gasteiger partial charge in [-0.05, 0) is 74.1 Å². The van der Waals surface area contributed by atoms with Crippen LogP contribution in [-0.4, -0.2) is 60.5 Å². The summed E-state index contributed by atoms with van der Waals surface area (Å²) in [6.45, 7) is 7.85. The number of anilines is 5. The molecule has 1 aromatic heterocycles. The zero-order valence-electron chi connectivity index (χ0n) is 23.7. The minimum absolute atomic E-state index is 0.241. The number of rotatable bonds is 6. The smallest absolute Gasteiger partial charge is 0.255 e. The maximum Gasteiger partial charge on any atom is 0.255 e. The molecular weight excluding hydrogens is 569 g/mol. The molecule has 2 N–H and O–H groups in total. The van der Waals surface area contributed by atoms with Crippen molar-refractivity contribution in [3.05, 3.63) is 99.3 Å². The summed E-state index contributed by atoms with van der Waals surface area (Å²) in [6, 6.07) is 19.3. The molecule has 2 aliphatic heterocycles.